The molecule has 0 saturated carbocycles. The van der Waals surface area contributed by atoms with Crippen LogP contribution in [0.15, 0.2) is 48.8 Å². The number of unbranched alkanes of at least 4 members (excludes halogenated alkanes) is 1. The summed E-state index contributed by atoms with van der Waals surface area (Å²) in [5.41, 5.74) is 2.72. The van der Waals surface area contributed by atoms with Crippen molar-refractivity contribution in [3.8, 4) is 11.1 Å². The number of amides is 1. The number of rotatable bonds is 5. The van der Waals surface area contributed by atoms with Crippen molar-refractivity contribution in [1.82, 2.24) is 10.3 Å². The van der Waals surface area contributed by atoms with Gasteiger partial charge in [-0.1, -0.05) is 31.5 Å². The van der Waals surface area contributed by atoms with Crippen LogP contribution >= 0.6 is 0 Å². The van der Waals surface area contributed by atoms with Gasteiger partial charge in [0, 0.05) is 30.1 Å². The molecule has 1 N–H and O–H groups in total. The number of hydrogen-bond donors (Lipinski definition) is 1. The zero-order valence-electron chi connectivity index (χ0n) is 11.1. The molecule has 0 unspecified atom stereocenters. The summed E-state index contributed by atoms with van der Waals surface area (Å²) in [6, 6.07) is 11.5. The Morgan fingerprint density at radius 2 is 2.05 bits per heavy atom. The molecule has 0 aliphatic rings. The Morgan fingerprint density at radius 1 is 1.21 bits per heavy atom. The van der Waals surface area contributed by atoms with Crippen LogP contribution in [0.5, 0.6) is 0 Å². The predicted octanol–water partition coefficient (Wildman–Crippen LogP) is 3.28. The van der Waals surface area contributed by atoms with Crippen LogP contribution in [-0.2, 0) is 0 Å². The fraction of sp³-hybridized carbons (Fsp3) is 0.250. The molecule has 0 aliphatic carbocycles. The lowest BCUT2D eigenvalue weighted by Crippen LogP contribution is -2.24. The molecular formula is C16H18N2O. The zero-order valence-corrected chi connectivity index (χ0v) is 11.1. The molecule has 0 radical (unpaired) electrons. The molecule has 19 heavy (non-hydrogen) atoms. The van der Waals surface area contributed by atoms with Crippen LogP contribution in [0.2, 0.25) is 0 Å². The van der Waals surface area contributed by atoms with E-state index in [1.54, 1.807) is 12.4 Å². The molecule has 0 fully saturated rings. The van der Waals surface area contributed by atoms with Crippen molar-refractivity contribution in [1.29, 1.82) is 0 Å². The van der Waals surface area contributed by atoms with Crippen LogP contribution in [-0.4, -0.2) is 17.4 Å². The fourth-order valence-corrected chi connectivity index (χ4v) is 1.85. The van der Waals surface area contributed by atoms with E-state index in [4.69, 9.17) is 0 Å². The number of carbonyl (C=O) groups excluding carboxylic acids is 1. The van der Waals surface area contributed by atoms with Crippen molar-refractivity contribution in [3.63, 3.8) is 0 Å². The molecule has 1 aromatic heterocycles. The normalized spacial score (nSPS) is 10.2. The van der Waals surface area contributed by atoms with Crippen molar-refractivity contribution < 1.29 is 4.79 Å². The summed E-state index contributed by atoms with van der Waals surface area (Å²) in [6.45, 7) is 2.83. The first kappa shape index (κ1) is 13.3. The summed E-state index contributed by atoms with van der Waals surface area (Å²) >= 11 is 0. The second kappa shape index (κ2) is 6.69. The molecule has 1 amide bonds. The maximum absolute atomic E-state index is 12.0. The summed E-state index contributed by atoms with van der Waals surface area (Å²) in [5.74, 6) is -0.0146. The largest absolute Gasteiger partial charge is 0.352 e. The highest BCUT2D eigenvalue weighted by Gasteiger charge is 2.06. The number of pyridine rings is 1. The summed E-state index contributed by atoms with van der Waals surface area (Å²) in [7, 11) is 0. The van der Waals surface area contributed by atoms with Gasteiger partial charge in [0.2, 0.25) is 0 Å². The first-order valence-electron chi connectivity index (χ1n) is 6.60. The van der Waals surface area contributed by atoms with Crippen LogP contribution in [0.3, 0.4) is 0 Å². The lowest BCUT2D eigenvalue weighted by atomic mass is 10.0. The molecular weight excluding hydrogens is 236 g/mol. The van der Waals surface area contributed by atoms with Gasteiger partial charge in [-0.2, -0.15) is 0 Å². The Kier molecular flexibility index (Phi) is 4.67. The summed E-state index contributed by atoms with van der Waals surface area (Å²) in [5, 5.41) is 2.92. The van der Waals surface area contributed by atoms with E-state index in [0.717, 1.165) is 30.5 Å². The van der Waals surface area contributed by atoms with Gasteiger partial charge in [0.05, 0.1) is 0 Å². The van der Waals surface area contributed by atoms with Gasteiger partial charge in [0.15, 0.2) is 0 Å². The Balaban J connectivity index is 2.13. The molecule has 3 heteroatoms. The van der Waals surface area contributed by atoms with Crippen molar-refractivity contribution >= 4 is 5.91 Å². The highest BCUT2D eigenvalue weighted by molar-refractivity contribution is 5.95. The fourth-order valence-electron chi connectivity index (χ4n) is 1.85. The Hall–Kier alpha value is -2.16. The minimum absolute atomic E-state index is 0.0146. The quantitative estimate of drug-likeness (QED) is 0.832. The first-order valence-corrected chi connectivity index (χ1v) is 6.60. The standard InChI is InChI=1S/C16H18N2O/c1-2-3-10-18-16(19)14-7-4-6-13(11-14)15-8-5-9-17-12-15/h4-9,11-12H,2-3,10H2,1H3,(H,18,19). The van der Waals surface area contributed by atoms with E-state index in [9.17, 15) is 4.79 Å². The Morgan fingerprint density at radius 3 is 2.79 bits per heavy atom. The molecule has 1 heterocycles. The highest BCUT2D eigenvalue weighted by atomic mass is 16.1. The lowest BCUT2D eigenvalue weighted by molar-refractivity contribution is 0.0953. The maximum Gasteiger partial charge on any atom is 0.251 e. The van der Waals surface area contributed by atoms with Crippen LogP contribution in [0.4, 0.5) is 0 Å². The molecule has 0 spiro atoms. The zero-order chi connectivity index (χ0) is 13.5. The third-order valence-electron chi connectivity index (χ3n) is 2.94. The number of carbonyl (C=O) groups is 1. The van der Waals surface area contributed by atoms with E-state index in [0.29, 0.717) is 5.56 Å². The molecule has 1 aromatic carbocycles. The molecule has 0 aliphatic heterocycles. The number of benzene rings is 1. The van der Waals surface area contributed by atoms with Crippen molar-refractivity contribution in [2.45, 2.75) is 19.8 Å². The van der Waals surface area contributed by atoms with Crippen LogP contribution in [0, 0.1) is 0 Å². The van der Waals surface area contributed by atoms with Gasteiger partial charge in [-0.05, 0) is 30.2 Å². The molecule has 0 bridgehead atoms. The van der Waals surface area contributed by atoms with Gasteiger partial charge >= 0.3 is 0 Å². The van der Waals surface area contributed by atoms with Gasteiger partial charge in [0.1, 0.15) is 0 Å². The van der Waals surface area contributed by atoms with Crippen molar-refractivity contribution in [2.75, 3.05) is 6.54 Å². The lowest BCUT2D eigenvalue weighted by Gasteiger charge is -2.06. The van der Waals surface area contributed by atoms with E-state index in [1.165, 1.54) is 0 Å². The van der Waals surface area contributed by atoms with Crippen LogP contribution < -0.4 is 5.32 Å². The van der Waals surface area contributed by atoms with Gasteiger partial charge in [-0.25, -0.2) is 0 Å². The summed E-state index contributed by atoms with van der Waals surface area (Å²) < 4.78 is 0. The first-order chi connectivity index (χ1) is 9.31. The Labute approximate surface area is 113 Å². The SMILES string of the molecule is CCCCNC(=O)c1cccc(-c2cccnc2)c1. The third-order valence-corrected chi connectivity index (χ3v) is 2.94. The predicted molar refractivity (Wildman–Crippen MR) is 76.9 cm³/mol. The van der Waals surface area contributed by atoms with E-state index in [2.05, 4.69) is 17.2 Å². The third kappa shape index (κ3) is 3.65. The minimum Gasteiger partial charge on any atom is -0.352 e. The topological polar surface area (TPSA) is 42.0 Å². The van der Waals surface area contributed by atoms with Crippen molar-refractivity contribution in [2.24, 2.45) is 0 Å². The molecule has 2 aromatic rings. The minimum atomic E-state index is -0.0146. The number of hydrogen-bond acceptors (Lipinski definition) is 2. The van der Waals surface area contributed by atoms with Gasteiger partial charge in [-0.15, -0.1) is 0 Å². The monoisotopic (exact) mass is 254 g/mol. The van der Waals surface area contributed by atoms with Crippen LogP contribution in [0.1, 0.15) is 30.1 Å². The molecule has 3 nitrogen and oxygen atoms in total. The second-order valence-corrected chi connectivity index (χ2v) is 4.43. The smallest absolute Gasteiger partial charge is 0.251 e. The van der Waals surface area contributed by atoms with E-state index in [-0.39, 0.29) is 5.91 Å². The van der Waals surface area contributed by atoms with E-state index < -0.39 is 0 Å². The Bertz CT molecular complexity index is 537. The molecule has 2 rings (SSSR count). The van der Waals surface area contributed by atoms with Crippen molar-refractivity contribution in [3.05, 3.63) is 54.4 Å². The number of nitrogens with one attached hydrogen (secondary N) is 1. The average molecular weight is 254 g/mol. The van der Waals surface area contributed by atoms with Gasteiger partial charge in [-0.3, -0.25) is 9.78 Å². The van der Waals surface area contributed by atoms with Gasteiger partial charge < -0.3 is 5.32 Å². The number of aromatic nitrogens is 1. The van der Waals surface area contributed by atoms with E-state index >= 15 is 0 Å². The average Bonchev–Trinajstić information content (AvgIpc) is 2.48. The highest BCUT2D eigenvalue weighted by Crippen LogP contribution is 2.19. The van der Waals surface area contributed by atoms with Gasteiger partial charge in [0.25, 0.3) is 5.91 Å². The number of nitrogens with zero attached hydrogens (tertiary/aromatic N) is 1. The van der Waals surface area contributed by atoms with E-state index in [1.807, 2.05) is 36.4 Å². The molecule has 0 saturated heterocycles. The van der Waals surface area contributed by atoms with Crippen LogP contribution in [0.25, 0.3) is 11.1 Å². The summed E-state index contributed by atoms with van der Waals surface area (Å²) in [6.07, 6.45) is 5.63. The second-order valence-electron chi connectivity index (χ2n) is 4.43. The maximum atomic E-state index is 12.0. The molecule has 0 atom stereocenters. The molecule has 98 valence electrons. The summed E-state index contributed by atoms with van der Waals surface area (Å²) in [4.78, 5) is 16.1.